The molecule has 1 aromatic carbocycles. The first kappa shape index (κ1) is 36.2. The van der Waals surface area contributed by atoms with Crippen LogP contribution in [-0.2, 0) is 51.9 Å². The van der Waals surface area contributed by atoms with Crippen molar-refractivity contribution in [1.29, 1.82) is 0 Å². The molecule has 0 unspecified atom stereocenters. The Morgan fingerprint density at radius 1 is 1.18 bits per heavy atom. The second-order valence-corrected chi connectivity index (χ2v) is 13.5. The largest absolute Gasteiger partial charge is 0.481 e. The maximum Gasteiger partial charge on any atom is 0.345 e. The maximum atomic E-state index is 13.3. The molecule has 7 N–H and O–H groups in total. The number of rotatable bonds is 14. The molecular weight excluding hydrogens is 640 g/mol. The van der Waals surface area contributed by atoms with Gasteiger partial charge in [0.25, 0.3) is 0 Å². The van der Waals surface area contributed by atoms with Crippen LogP contribution in [0.1, 0.15) is 75.5 Å². The number of aliphatic hydroxyl groups excluding tert-OH is 1. The number of hydrogen-bond donors (Lipinski definition) is 6. The van der Waals surface area contributed by atoms with Crippen molar-refractivity contribution in [2.24, 2.45) is 5.73 Å². The van der Waals surface area contributed by atoms with Gasteiger partial charge >= 0.3 is 17.9 Å². The number of unbranched alkanes of at least 4 members (excludes halogenated alkanes) is 1. The summed E-state index contributed by atoms with van der Waals surface area (Å²) in [5.74, 6) is -4.24. The highest BCUT2D eigenvalue weighted by Gasteiger charge is 2.70. The summed E-state index contributed by atoms with van der Waals surface area (Å²) in [6.07, 6.45) is 1.31. The summed E-state index contributed by atoms with van der Waals surface area (Å²) in [5, 5.41) is 37.4. The van der Waals surface area contributed by atoms with Gasteiger partial charge in [-0.1, -0.05) is 12.1 Å². The van der Waals surface area contributed by atoms with Gasteiger partial charge in [0.15, 0.2) is 6.10 Å². The Balaban J connectivity index is 1.29. The minimum absolute atomic E-state index is 0.112. The molecule has 15 nitrogen and oxygen atoms in total. The van der Waals surface area contributed by atoms with Gasteiger partial charge in [-0.05, 0) is 77.2 Å². The quantitative estimate of drug-likeness (QED) is 0.111. The molecular formula is C34H46N4O11. The van der Waals surface area contributed by atoms with Crippen molar-refractivity contribution in [1.82, 2.24) is 15.5 Å². The van der Waals surface area contributed by atoms with Crippen molar-refractivity contribution in [3.05, 3.63) is 40.7 Å². The number of ether oxygens (including phenoxy) is 3. The monoisotopic (exact) mass is 686 g/mol. The van der Waals surface area contributed by atoms with Crippen molar-refractivity contribution in [3.63, 3.8) is 0 Å². The number of amides is 2. The summed E-state index contributed by atoms with van der Waals surface area (Å²) in [6, 6.07) is 1.26. The highest BCUT2D eigenvalue weighted by molar-refractivity contribution is 5.91. The van der Waals surface area contributed by atoms with Crippen LogP contribution in [0.2, 0.25) is 0 Å². The van der Waals surface area contributed by atoms with Crippen LogP contribution in [-0.4, -0.2) is 106 Å². The predicted molar refractivity (Wildman–Crippen MR) is 172 cm³/mol. The van der Waals surface area contributed by atoms with Gasteiger partial charge < -0.3 is 50.8 Å². The fraction of sp³-hybridized carbons (Fsp3) is 0.618. The Morgan fingerprint density at radius 2 is 1.94 bits per heavy atom. The highest BCUT2D eigenvalue weighted by Crippen LogP contribution is 2.64. The van der Waals surface area contributed by atoms with E-state index in [-0.39, 0.29) is 31.2 Å². The van der Waals surface area contributed by atoms with Crippen LogP contribution in [0.3, 0.4) is 0 Å². The molecule has 1 aromatic rings. The number of nitrogens with one attached hydrogen (secondary N) is 2. The summed E-state index contributed by atoms with van der Waals surface area (Å²) in [6.45, 7) is 3.39. The number of hydrogen-bond acceptors (Lipinski definition) is 12. The van der Waals surface area contributed by atoms with Crippen molar-refractivity contribution >= 4 is 29.7 Å². The number of carbonyl (C=O) groups excluding carboxylic acids is 4. The van der Waals surface area contributed by atoms with Crippen LogP contribution in [0, 0.1) is 0 Å². The Morgan fingerprint density at radius 3 is 2.61 bits per heavy atom. The predicted octanol–water partition coefficient (Wildman–Crippen LogP) is -0.0852. The highest BCUT2D eigenvalue weighted by atomic mass is 16.6. The number of likely N-dealkylation sites (N-methyl/N-ethyl adjacent to an activating group) is 1. The first-order chi connectivity index (χ1) is 23.3. The smallest absolute Gasteiger partial charge is 0.345 e. The molecule has 0 saturated carbocycles. The summed E-state index contributed by atoms with van der Waals surface area (Å²) < 4.78 is 17.4. The van der Waals surface area contributed by atoms with Crippen LogP contribution in [0.5, 0.6) is 5.75 Å². The van der Waals surface area contributed by atoms with Crippen LogP contribution < -0.4 is 21.1 Å². The van der Waals surface area contributed by atoms with E-state index in [0.29, 0.717) is 43.5 Å². The number of likely N-dealkylation sites (tertiary alicyclic amines) is 1. The van der Waals surface area contributed by atoms with Gasteiger partial charge in [-0.25, -0.2) is 9.59 Å². The van der Waals surface area contributed by atoms with Crippen LogP contribution in [0.4, 0.5) is 0 Å². The number of benzene rings is 1. The van der Waals surface area contributed by atoms with Gasteiger partial charge in [-0.15, -0.1) is 0 Å². The molecule has 7 atom stereocenters. The van der Waals surface area contributed by atoms with Crippen LogP contribution in [0.15, 0.2) is 24.0 Å². The standard InChI is InChI=1S/C34H46N4O11/c1-18(36-30(42)22(37-19(2)40)7-4-5-13-35)32(45)48-24(31(43)44)16-26(41)47-23-10-12-34(46)25-15-20-8-9-21(17-39)28-27(20)33(34,29(23)49-28)11-6-14-38(25)3/h8-10,18,22,24-25,29,39,46H,4-7,11-17,35H2,1-3H3,(H,36,42)(H,37,40)(H,43,44)/t18-,22-,24-,25+,29-,33-,34+/m0/s1. The lowest BCUT2D eigenvalue weighted by molar-refractivity contribution is -0.170. The molecule has 0 aromatic heterocycles. The molecule has 15 heteroatoms. The third-order valence-electron chi connectivity index (χ3n) is 10.3. The lowest BCUT2D eigenvalue weighted by atomic mass is 9.52. The van der Waals surface area contributed by atoms with Crippen molar-refractivity contribution in [3.8, 4) is 5.75 Å². The maximum absolute atomic E-state index is 13.3. The molecule has 1 saturated heterocycles. The van der Waals surface area contributed by atoms with Gasteiger partial charge in [-0.3, -0.25) is 14.4 Å². The fourth-order valence-electron chi connectivity index (χ4n) is 8.01. The zero-order valence-electron chi connectivity index (χ0n) is 28.0. The zero-order valence-corrected chi connectivity index (χ0v) is 28.0. The number of esters is 2. The Bertz CT molecular complexity index is 1530. The molecule has 2 aliphatic carbocycles. The number of aliphatic hydroxyl groups is 2. The Kier molecular flexibility index (Phi) is 10.7. The molecule has 0 radical (unpaired) electrons. The second kappa shape index (κ2) is 14.4. The van der Waals surface area contributed by atoms with Crippen molar-refractivity contribution in [2.45, 2.75) is 113 Å². The van der Waals surface area contributed by atoms with E-state index in [9.17, 15) is 39.3 Å². The van der Waals surface area contributed by atoms with Gasteiger partial charge in [0, 0.05) is 30.5 Å². The van der Waals surface area contributed by atoms with Crippen molar-refractivity contribution < 1.29 is 53.5 Å². The normalized spacial score (nSPS) is 26.9. The molecule has 2 amide bonds. The first-order valence-electron chi connectivity index (χ1n) is 16.7. The van der Waals surface area contributed by atoms with Gasteiger partial charge in [-0.2, -0.15) is 0 Å². The average molecular weight is 687 g/mol. The number of aliphatic carboxylic acids is 1. The molecule has 4 aliphatic rings. The SMILES string of the molecule is CC(=O)N[C@@H](CCCCN)C(=O)N[C@@H](C)C(=O)O[C@@H](CC(=O)OC1=CC[C@@]2(O)[C@H]3Cc4ccc(CO)c5c4[C@@]2(CCCN3C)[C@H]1O5)C(=O)O. The number of carboxylic acid groups (broad SMARTS) is 1. The van der Waals surface area contributed by atoms with Crippen LogP contribution in [0.25, 0.3) is 0 Å². The minimum Gasteiger partial charge on any atom is -0.481 e. The van der Waals surface area contributed by atoms with E-state index in [1.807, 2.05) is 13.1 Å². The third kappa shape index (κ3) is 6.64. The Hall–Kier alpha value is -4.05. The number of nitrogens with zero attached hydrogens (tertiary/aromatic N) is 1. The molecule has 268 valence electrons. The molecule has 2 heterocycles. The first-order valence-corrected chi connectivity index (χ1v) is 16.7. The fourth-order valence-corrected chi connectivity index (χ4v) is 8.01. The van der Waals surface area contributed by atoms with Crippen LogP contribution >= 0.6 is 0 Å². The van der Waals surface area contributed by atoms with E-state index in [0.717, 1.165) is 24.1 Å². The lowest BCUT2D eigenvalue weighted by Crippen LogP contribution is -2.69. The minimum atomic E-state index is -1.94. The summed E-state index contributed by atoms with van der Waals surface area (Å²) >= 11 is 0. The van der Waals surface area contributed by atoms with Gasteiger partial charge in [0.05, 0.1) is 24.0 Å². The van der Waals surface area contributed by atoms with E-state index >= 15 is 0 Å². The summed E-state index contributed by atoms with van der Waals surface area (Å²) in [4.78, 5) is 64.8. The second-order valence-electron chi connectivity index (χ2n) is 13.5. The molecule has 49 heavy (non-hydrogen) atoms. The lowest BCUT2D eigenvalue weighted by Gasteiger charge is -2.56. The van der Waals surface area contributed by atoms with Gasteiger partial charge in [0.1, 0.15) is 23.6 Å². The third-order valence-corrected chi connectivity index (χ3v) is 10.3. The number of carboxylic acids is 1. The Labute approximate surface area is 284 Å². The van der Waals surface area contributed by atoms with E-state index < -0.39 is 71.5 Å². The van der Waals surface area contributed by atoms with E-state index in [2.05, 4.69) is 15.5 Å². The van der Waals surface area contributed by atoms with Crippen molar-refractivity contribution in [2.75, 3.05) is 20.1 Å². The van der Waals surface area contributed by atoms with E-state index in [1.165, 1.54) is 13.8 Å². The number of nitrogens with two attached hydrogens (primary N) is 1. The van der Waals surface area contributed by atoms with E-state index in [1.54, 1.807) is 12.1 Å². The molecule has 1 fully saturated rings. The topological polar surface area (TPSA) is 227 Å². The van der Waals surface area contributed by atoms with Gasteiger partial charge in [0.2, 0.25) is 17.9 Å². The summed E-state index contributed by atoms with van der Waals surface area (Å²) in [5.41, 5.74) is 5.61. The molecule has 5 rings (SSSR count). The molecule has 2 bridgehead atoms. The molecule has 1 spiro atoms. The number of carbonyl (C=O) groups is 5. The summed E-state index contributed by atoms with van der Waals surface area (Å²) in [7, 11) is 1.98. The van der Waals surface area contributed by atoms with E-state index in [4.69, 9.17) is 19.9 Å². The average Bonchev–Trinajstić information content (AvgIpc) is 3.38. The molecule has 2 aliphatic heterocycles. The zero-order chi connectivity index (χ0) is 35.7.